The minimum absolute atomic E-state index is 0.0148. The van der Waals surface area contributed by atoms with Gasteiger partial charge in [0.15, 0.2) is 0 Å². The molecule has 2 N–H and O–H groups in total. The molecule has 0 bridgehead atoms. The average Bonchev–Trinajstić information content (AvgIpc) is 3.07. The van der Waals surface area contributed by atoms with Gasteiger partial charge in [-0.3, -0.25) is 4.79 Å². The second kappa shape index (κ2) is 7.53. The van der Waals surface area contributed by atoms with Crippen LogP contribution in [0.2, 0.25) is 0 Å². The maximum Gasteiger partial charge on any atom is 0.243 e. The molecule has 0 aromatic heterocycles. The molecule has 0 unspecified atom stereocenters. The van der Waals surface area contributed by atoms with Gasteiger partial charge in [-0.05, 0) is 42.4 Å². The highest BCUT2D eigenvalue weighted by Crippen LogP contribution is 2.28. The van der Waals surface area contributed by atoms with Crippen LogP contribution in [0.25, 0.3) is 0 Å². The molecule has 2 aliphatic heterocycles. The van der Waals surface area contributed by atoms with Crippen molar-refractivity contribution in [2.24, 2.45) is 11.7 Å². The molecule has 150 valence electrons. The standard InChI is InChI=1S/C20H31N3O3S/c1-20(2,3)16-4-6-18(7-5-16)27(25,26)23-12-8-15(9-13-23)19(24)22-11-10-17(21)14-22/h4-7,15,17H,8-14,21H2,1-3H3/t17-/m1/s1. The minimum atomic E-state index is -3.51. The van der Waals surface area contributed by atoms with Crippen molar-refractivity contribution in [3.8, 4) is 0 Å². The van der Waals surface area contributed by atoms with Gasteiger partial charge in [0.25, 0.3) is 0 Å². The molecule has 1 aromatic rings. The van der Waals surface area contributed by atoms with Crippen molar-refractivity contribution in [1.29, 1.82) is 0 Å². The molecule has 0 aliphatic carbocycles. The molecule has 2 aliphatic rings. The zero-order chi connectivity index (χ0) is 19.8. The van der Waals surface area contributed by atoms with Gasteiger partial charge in [-0.25, -0.2) is 8.42 Å². The zero-order valence-electron chi connectivity index (χ0n) is 16.5. The Kier molecular flexibility index (Phi) is 5.66. The number of amides is 1. The summed E-state index contributed by atoms with van der Waals surface area (Å²) < 4.78 is 27.4. The van der Waals surface area contributed by atoms with Crippen molar-refractivity contribution in [1.82, 2.24) is 9.21 Å². The van der Waals surface area contributed by atoms with Gasteiger partial charge >= 0.3 is 0 Å². The summed E-state index contributed by atoms with van der Waals surface area (Å²) in [6.45, 7) is 8.43. The molecule has 3 rings (SSSR count). The minimum Gasteiger partial charge on any atom is -0.341 e. The van der Waals surface area contributed by atoms with Crippen LogP contribution in [0, 0.1) is 5.92 Å². The lowest BCUT2D eigenvalue weighted by Gasteiger charge is -2.32. The normalized spacial score (nSPS) is 23.0. The van der Waals surface area contributed by atoms with E-state index in [9.17, 15) is 13.2 Å². The van der Waals surface area contributed by atoms with E-state index in [1.165, 1.54) is 4.31 Å². The molecule has 2 fully saturated rings. The van der Waals surface area contributed by atoms with E-state index in [0.29, 0.717) is 37.4 Å². The van der Waals surface area contributed by atoms with E-state index < -0.39 is 10.0 Å². The van der Waals surface area contributed by atoms with Gasteiger partial charge in [0.2, 0.25) is 15.9 Å². The first-order valence-electron chi connectivity index (χ1n) is 9.74. The monoisotopic (exact) mass is 393 g/mol. The fraction of sp³-hybridized carbons (Fsp3) is 0.650. The highest BCUT2D eigenvalue weighted by atomic mass is 32.2. The summed E-state index contributed by atoms with van der Waals surface area (Å²) >= 11 is 0. The highest BCUT2D eigenvalue weighted by molar-refractivity contribution is 7.89. The molecule has 0 spiro atoms. The Hall–Kier alpha value is -1.44. The number of sulfonamides is 1. The van der Waals surface area contributed by atoms with E-state index in [1.54, 1.807) is 12.1 Å². The van der Waals surface area contributed by atoms with Crippen LogP contribution in [0.1, 0.15) is 45.6 Å². The van der Waals surface area contributed by atoms with E-state index >= 15 is 0 Å². The summed E-state index contributed by atoms with van der Waals surface area (Å²) in [5.74, 6) is 0.0412. The third kappa shape index (κ3) is 4.36. The van der Waals surface area contributed by atoms with E-state index in [2.05, 4.69) is 20.8 Å². The predicted octanol–water partition coefficient (Wildman–Crippen LogP) is 1.94. The Labute approximate surface area is 162 Å². The molecule has 1 aromatic carbocycles. The number of nitrogens with zero attached hydrogens (tertiary/aromatic N) is 2. The van der Waals surface area contributed by atoms with Crippen molar-refractivity contribution < 1.29 is 13.2 Å². The van der Waals surface area contributed by atoms with Gasteiger partial charge in [-0.15, -0.1) is 0 Å². The molecular weight excluding hydrogens is 362 g/mol. The summed E-state index contributed by atoms with van der Waals surface area (Å²) in [5.41, 5.74) is 6.98. The number of benzene rings is 1. The number of carbonyl (C=O) groups excluding carboxylic acids is 1. The van der Waals surface area contributed by atoms with Crippen LogP contribution in [0.5, 0.6) is 0 Å². The zero-order valence-corrected chi connectivity index (χ0v) is 17.3. The number of hydrogen-bond acceptors (Lipinski definition) is 4. The molecule has 27 heavy (non-hydrogen) atoms. The number of nitrogens with two attached hydrogens (primary N) is 1. The van der Waals surface area contributed by atoms with Crippen LogP contribution in [0.15, 0.2) is 29.2 Å². The van der Waals surface area contributed by atoms with E-state index in [4.69, 9.17) is 5.73 Å². The maximum absolute atomic E-state index is 12.9. The van der Waals surface area contributed by atoms with Crippen LogP contribution in [0.4, 0.5) is 0 Å². The first kappa shape index (κ1) is 20.3. The second-order valence-corrected chi connectivity index (χ2v) is 10.7. The van der Waals surface area contributed by atoms with Crippen molar-refractivity contribution in [3.63, 3.8) is 0 Å². The summed E-state index contributed by atoms with van der Waals surface area (Å²) in [4.78, 5) is 14.8. The van der Waals surface area contributed by atoms with Crippen LogP contribution >= 0.6 is 0 Å². The first-order chi connectivity index (χ1) is 12.6. The van der Waals surface area contributed by atoms with Crippen LogP contribution < -0.4 is 5.73 Å². The van der Waals surface area contributed by atoms with Crippen molar-refractivity contribution in [2.45, 2.75) is 56.4 Å². The highest BCUT2D eigenvalue weighted by Gasteiger charge is 2.35. The molecular formula is C20H31N3O3S. The van der Waals surface area contributed by atoms with Crippen molar-refractivity contribution in [3.05, 3.63) is 29.8 Å². The van der Waals surface area contributed by atoms with Crippen molar-refractivity contribution >= 4 is 15.9 Å². The van der Waals surface area contributed by atoms with Crippen LogP contribution in [-0.4, -0.2) is 55.8 Å². The van der Waals surface area contributed by atoms with Gasteiger partial charge in [0, 0.05) is 38.1 Å². The third-order valence-corrected chi connectivity index (χ3v) is 7.61. The smallest absolute Gasteiger partial charge is 0.243 e. The fourth-order valence-corrected chi connectivity index (χ4v) is 5.33. The third-order valence-electron chi connectivity index (χ3n) is 5.70. The maximum atomic E-state index is 12.9. The number of carbonyl (C=O) groups is 1. The molecule has 1 atom stereocenters. The summed E-state index contributed by atoms with van der Waals surface area (Å²) in [5, 5.41) is 0. The van der Waals surface area contributed by atoms with Crippen molar-refractivity contribution in [2.75, 3.05) is 26.2 Å². The lowest BCUT2D eigenvalue weighted by molar-refractivity contribution is -0.135. The first-order valence-corrected chi connectivity index (χ1v) is 11.2. The lowest BCUT2D eigenvalue weighted by Crippen LogP contribution is -2.44. The number of hydrogen-bond donors (Lipinski definition) is 1. The second-order valence-electron chi connectivity index (χ2n) is 8.79. The molecule has 1 amide bonds. The molecule has 0 radical (unpaired) electrons. The Morgan fingerprint density at radius 1 is 1.04 bits per heavy atom. The Bertz CT molecular complexity index is 776. The topological polar surface area (TPSA) is 83.7 Å². The predicted molar refractivity (Wildman–Crippen MR) is 106 cm³/mol. The van der Waals surface area contributed by atoms with Gasteiger partial charge in [-0.1, -0.05) is 32.9 Å². The summed E-state index contributed by atoms with van der Waals surface area (Å²) in [7, 11) is -3.51. The largest absolute Gasteiger partial charge is 0.341 e. The van der Waals surface area contributed by atoms with Gasteiger partial charge < -0.3 is 10.6 Å². The molecule has 2 heterocycles. The summed E-state index contributed by atoms with van der Waals surface area (Å²) in [6.07, 6.45) is 2.00. The van der Waals surface area contributed by atoms with Crippen LogP contribution in [-0.2, 0) is 20.2 Å². The molecule has 2 saturated heterocycles. The Morgan fingerprint density at radius 3 is 2.11 bits per heavy atom. The van der Waals surface area contributed by atoms with E-state index in [0.717, 1.165) is 18.5 Å². The van der Waals surface area contributed by atoms with Crippen LogP contribution in [0.3, 0.4) is 0 Å². The fourth-order valence-electron chi connectivity index (χ4n) is 3.86. The number of likely N-dealkylation sites (tertiary alicyclic amines) is 1. The SMILES string of the molecule is CC(C)(C)c1ccc(S(=O)(=O)N2CCC(C(=O)N3CC[C@@H](N)C3)CC2)cc1. The molecule has 7 heteroatoms. The molecule has 6 nitrogen and oxygen atoms in total. The van der Waals surface area contributed by atoms with Gasteiger partial charge in [0.1, 0.15) is 0 Å². The Balaban J connectivity index is 1.63. The van der Waals surface area contributed by atoms with Gasteiger partial charge in [0.05, 0.1) is 4.90 Å². The van der Waals surface area contributed by atoms with Gasteiger partial charge in [-0.2, -0.15) is 4.31 Å². The van der Waals surface area contributed by atoms with E-state index in [1.807, 2.05) is 17.0 Å². The number of piperidine rings is 1. The average molecular weight is 394 g/mol. The quantitative estimate of drug-likeness (QED) is 0.851. The Morgan fingerprint density at radius 2 is 1.63 bits per heavy atom. The number of rotatable bonds is 3. The summed E-state index contributed by atoms with van der Waals surface area (Å²) in [6, 6.07) is 7.24. The lowest BCUT2D eigenvalue weighted by atomic mass is 9.87. The van der Waals surface area contributed by atoms with E-state index in [-0.39, 0.29) is 23.3 Å². The molecule has 0 saturated carbocycles.